The van der Waals surface area contributed by atoms with Crippen molar-refractivity contribution in [3.05, 3.63) is 81.7 Å². The summed E-state index contributed by atoms with van der Waals surface area (Å²) in [4.78, 5) is 74.1. The van der Waals surface area contributed by atoms with Crippen molar-refractivity contribution in [2.24, 2.45) is 23.2 Å². The van der Waals surface area contributed by atoms with Gasteiger partial charge in [-0.3, -0.25) is 14.4 Å². The predicted molar refractivity (Wildman–Crippen MR) is 213 cm³/mol. The lowest BCUT2D eigenvalue weighted by Crippen LogP contribution is -2.49. The zero-order valence-corrected chi connectivity index (χ0v) is 32.8. The Labute approximate surface area is 329 Å². The van der Waals surface area contributed by atoms with Crippen LogP contribution in [0.15, 0.2) is 59.3 Å². The molecule has 1 atom stereocenters. The minimum Gasteiger partial charge on any atom is -0.477 e. The molecule has 10 N–H and O–H groups in total. The Bertz CT molecular complexity index is 2000. The maximum absolute atomic E-state index is 15.2. The van der Waals surface area contributed by atoms with Crippen LogP contribution in [0.3, 0.4) is 0 Å². The number of nitrogens with one attached hydrogen (secondary N) is 3. The van der Waals surface area contributed by atoms with Crippen LogP contribution in [-0.4, -0.2) is 94.8 Å². The molecule has 0 bridgehead atoms. The van der Waals surface area contributed by atoms with Gasteiger partial charge < -0.3 is 56.6 Å². The van der Waals surface area contributed by atoms with Gasteiger partial charge >= 0.3 is 18.1 Å². The molecule has 2 aromatic carbocycles. The number of aryl methyl sites for hydroxylation is 1. The molecule has 1 aromatic heterocycles. The van der Waals surface area contributed by atoms with E-state index in [0.29, 0.717) is 48.6 Å². The number of nitrogens with zero attached hydrogens (tertiary/aromatic N) is 4. The van der Waals surface area contributed by atoms with Crippen LogP contribution in [-0.2, 0) is 27.5 Å². The highest BCUT2D eigenvalue weighted by atomic mass is 19.1. The fourth-order valence-electron chi connectivity index (χ4n) is 5.89. The smallest absolute Gasteiger partial charge is 0.410 e. The van der Waals surface area contributed by atoms with Gasteiger partial charge in [-0.1, -0.05) is 32.9 Å². The van der Waals surface area contributed by atoms with E-state index in [1.165, 1.54) is 24.2 Å². The average molecular weight is 797 g/mol. The number of carbonyl (C=O) groups is 5. The number of hydrogen-bond acceptors (Lipinski definition) is 11. The molecule has 4 rings (SSSR count). The van der Waals surface area contributed by atoms with Gasteiger partial charge in [0.15, 0.2) is 0 Å². The molecule has 1 aliphatic heterocycles. The van der Waals surface area contributed by atoms with Crippen LogP contribution in [0, 0.1) is 11.7 Å². The number of anilines is 2. The standard InChI is InChI=1S/C34H43FN8O7.C4H10N2O/c1-5-40-16-25(33(47)48)32(46)24-14-26(35)29(15-28(24)40)41-10-12-42(13-11-41)34(49)50-19-22-6-8-23(9-7-22)39-30(45)18-43(37)17-27(36)31(20(2)3)38-21(4)44;1-2-3-6-4(5)7/h6-9,14-17,20,31H,5,10-13,18-19,36-37H2,1-4H3,(H,38,44)(H,39,45)(H,47,48);2-3H2,1H3,(H3,5,6,7)/b27-17-;. The summed E-state index contributed by atoms with van der Waals surface area (Å²) in [6, 6.07) is 8.47. The summed E-state index contributed by atoms with van der Waals surface area (Å²) < 4.78 is 22.3. The lowest BCUT2D eigenvalue weighted by Gasteiger charge is -2.35. The van der Waals surface area contributed by atoms with Gasteiger partial charge in [0.25, 0.3) is 0 Å². The monoisotopic (exact) mass is 796 g/mol. The highest BCUT2D eigenvalue weighted by Crippen LogP contribution is 2.27. The molecule has 0 aliphatic carbocycles. The quantitative estimate of drug-likeness (QED) is 0.0917. The number of aromatic carboxylic acids is 1. The maximum Gasteiger partial charge on any atom is 0.410 e. The van der Waals surface area contributed by atoms with Crippen molar-refractivity contribution >= 4 is 52.2 Å². The molecule has 5 amide bonds. The Morgan fingerprint density at radius 1 is 1.04 bits per heavy atom. The molecule has 0 radical (unpaired) electrons. The normalized spacial score (nSPS) is 13.3. The number of aromatic nitrogens is 1. The minimum atomic E-state index is -1.37. The van der Waals surface area contributed by atoms with Crippen molar-refractivity contribution in [2.45, 2.75) is 60.2 Å². The largest absolute Gasteiger partial charge is 0.477 e. The van der Waals surface area contributed by atoms with Crippen LogP contribution in [0.1, 0.15) is 57.0 Å². The molecule has 1 aliphatic rings. The first-order chi connectivity index (χ1) is 26.9. The molecule has 1 fully saturated rings. The van der Waals surface area contributed by atoms with Crippen LogP contribution in [0.2, 0.25) is 0 Å². The number of urea groups is 1. The molecule has 0 saturated carbocycles. The Balaban J connectivity index is 0.00000113. The van der Waals surface area contributed by atoms with Gasteiger partial charge in [0, 0.05) is 75.4 Å². The number of nitrogens with two attached hydrogens (primary N) is 3. The molecule has 0 spiro atoms. The first-order valence-corrected chi connectivity index (χ1v) is 18.4. The number of hydrazine groups is 1. The van der Waals surface area contributed by atoms with E-state index < -0.39 is 46.9 Å². The third-order valence-corrected chi connectivity index (χ3v) is 8.77. The number of halogens is 1. The molecule has 1 unspecified atom stereocenters. The molecule has 18 nitrogen and oxygen atoms in total. The molecule has 310 valence electrons. The molecular formula is C38H53FN10O8. The van der Waals surface area contributed by atoms with Gasteiger partial charge in [0.2, 0.25) is 17.2 Å². The zero-order valence-electron chi connectivity index (χ0n) is 32.8. The first-order valence-electron chi connectivity index (χ1n) is 18.4. The van der Waals surface area contributed by atoms with Crippen LogP contribution in [0.4, 0.5) is 25.4 Å². The number of benzene rings is 2. The van der Waals surface area contributed by atoms with Crippen LogP contribution in [0.25, 0.3) is 10.9 Å². The fourth-order valence-corrected chi connectivity index (χ4v) is 5.89. The van der Waals surface area contributed by atoms with E-state index >= 15 is 4.39 Å². The van der Waals surface area contributed by atoms with Crippen molar-refractivity contribution in [3.63, 3.8) is 0 Å². The number of rotatable bonds is 14. The van der Waals surface area contributed by atoms with Crippen molar-refractivity contribution in [2.75, 3.05) is 49.5 Å². The third-order valence-electron chi connectivity index (χ3n) is 8.77. The summed E-state index contributed by atoms with van der Waals surface area (Å²) in [6.45, 7) is 11.0. The molecule has 19 heteroatoms. The Morgan fingerprint density at radius 2 is 1.68 bits per heavy atom. The number of carboxylic acid groups (broad SMARTS) is 1. The first kappa shape index (κ1) is 45.0. The summed E-state index contributed by atoms with van der Waals surface area (Å²) in [6.07, 6.45) is 3.07. The summed E-state index contributed by atoms with van der Waals surface area (Å²) in [7, 11) is 0. The highest BCUT2D eigenvalue weighted by molar-refractivity contribution is 5.94. The van der Waals surface area contributed by atoms with E-state index in [2.05, 4.69) is 16.0 Å². The van der Waals surface area contributed by atoms with E-state index in [9.17, 15) is 33.9 Å². The average Bonchev–Trinajstić information content (AvgIpc) is 3.15. The summed E-state index contributed by atoms with van der Waals surface area (Å²) in [5, 5.41) is 18.4. The minimum absolute atomic E-state index is 0.00851. The SMILES string of the molecule is CCCNC(N)=O.CCn1cc(C(=O)O)c(=O)c2cc(F)c(N3CCN(C(=O)OCc4ccc(NC(=O)CN(N)/C=C(\N)C(NC(C)=O)C(C)C)cc4)CC3)cc21. The van der Waals surface area contributed by atoms with Gasteiger partial charge in [-0.05, 0) is 49.1 Å². The van der Waals surface area contributed by atoms with Gasteiger partial charge in [-0.25, -0.2) is 24.6 Å². The van der Waals surface area contributed by atoms with Gasteiger partial charge in [-0.2, -0.15) is 0 Å². The predicted octanol–water partition coefficient (Wildman–Crippen LogP) is 2.46. The van der Waals surface area contributed by atoms with E-state index in [4.69, 9.17) is 22.0 Å². The van der Waals surface area contributed by atoms with E-state index in [0.717, 1.165) is 17.5 Å². The van der Waals surface area contributed by atoms with Gasteiger partial charge in [0.1, 0.15) is 24.5 Å². The second-order valence-electron chi connectivity index (χ2n) is 13.6. The highest BCUT2D eigenvalue weighted by Gasteiger charge is 2.26. The molecule has 3 aromatic rings. The summed E-state index contributed by atoms with van der Waals surface area (Å²) in [5.41, 5.74) is 11.8. The van der Waals surface area contributed by atoms with Crippen molar-refractivity contribution in [1.29, 1.82) is 0 Å². The van der Waals surface area contributed by atoms with Crippen LogP contribution < -0.4 is 43.6 Å². The number of fused-ring (bicyclic) bond motifs is 1. The Morgan fingerprint density at radius 3 is 2.21 bits per heavy atom. The second-order valence-corrected chi connectivity index (χ2v) is 13.6. The van der Waals surface area contributed by atoms with Crippen molar-refractivity contribution in [3.8, 4) is 0 Å². The zero-order chi connectivity index (χ0) is 42.4. The number of piperazine rings is 1. The number of pyridine rings is 1. The number of hydrogen-bond donors (Lipinski definition) is 7. The lowest BCUT2D eigenvalue weighted by molar-refractivity contribution is -0.120. The number of carboxylic acids is 1. The summed E-state index contributed by atoms with van der Waals surface area (Å²) >= 11 is 0. The van der Waals surface area contributed by atoms with Crippen LogP contribution in [0.5, 0.6) is 0 Å². The van der Waals surface area contributed by atoms with E-state index in [1.54, 1.807) is 46.7 Å². The van der Waals surface area contributed by atoms with Crippen molar-refractivity contribution in [1.82, 2.24) is 25.1 Å². The summed E-state index contributed by atoms with van der Waals surface area (Å²) in [5.74, 6) is 3.30. The van der Waals surface area contributed by atoms with Crippen molar-refractivity contribution < 1.29 is 38.2 Å². The van der Waals surface area contributed by atoms with Crippen LogP contribution >= 0.6 is 0 Å². The number of amides is 5. The topological polar surface area (TPSA) is 261 Å². The molecule has 2 heterocycles. The number of primary amides is 1. The molecule has 57 heavy (non-hydrogen) atoms. The number of ether oxygens (including phenoxy) is 1. The van der Waals surface area contributed by atoms with Gasteiger partial charge in [-0.15, -0.1) is 0 Å². The molecular weight excluding hydrogens is 743 g/mol. The molecule has 1 saturated heterocycles. The van der Waals surface area contributed by atoms with E-state index in [-0.39, 0.29) is 49.1 Å². The fraction of sp³-hybridized carbons (Fsp3) is 0.421. The Kier molecular flexibility index (Phi) is 16.6. The maximum atomic E-state index is 15.2. The van der Waals surface area contributed by atoms with Gasteiger partial charge in [0.05, 0.1) is 17.2 Å². The second kappa shape index (κ2) is 21.1. The lowest BCUT2D eigenvalue weighted by atomic mass is 10.0. The third kappa shape index (κ3) is 13.1. The number of carbonyl (C=O) groups excluding carboxylic acids is 4. The van der Waals surface area contributed by atoms with E-state index in [1.807, 2.05) is 20.8 Å². The Hall–Kier alpha value is -6.37.